The van der Waals surface area contributed by atoms with Gasteiger partial charge in [0, 0.05) is 42.2 Å². The standard InChI is InChI=1S/C17H21BrN4O3/c1-17(2,3)25-16(24)22-6-4-21(5-7-22)13-9-11-8-12(18)10-19-14(11)20-15(13)23/h8-10H,4-7H2,1-3H3,(H,19,20,23). The molecule has 0 bridgehead atoms. The zero-order valence-corrected chi connectivity index (χ0v) is 16.1. The van der Waals surface area contributed by atoms with Gasteiger partial charge in [-0.1, -0.05) is 0 Å². The van der Waals surface area contributed by atoms with E-state index in [4.69, 9.17) is 4.74 Å². The van der Waals surface area contributed by atoms with Crippen LogP contribution in [0.1, 0.15) is 20.8 Å². The Bertz CT molecular complexity index is 851. The highest BCUT2D eigenvalue weighted by molar-refractivity contribution is 9.10. The number of piperazine rings is 1. The van der Waals surface area contributed by atoms with E-state index in [0.29, 0.717) is 37.5 Å². The quantitative estimate of drug-likeness (QED) is 0.784. The Morgan fingerprint density at radius 3 is 2.56 bits per heavy atom. The summed E-state index contributed by atoms with van der Waals surface area (Å²) < 4.78 is 6.25. The summed E-state index contributed by atoms with van der Waals surface area (Å²) in [4.78, 5) is 35.2. The molecular weight excluding hydrogens is 388 g/mol. The predicted molar refractivity (Wildman–Crippen MR) is 100 cm³/mol. The number of anilines is 1. The second-order valence-corrected chi connectivity index (χ2v) is 7.95. The Morgan fingerprint density at radius 2 is 1.92 bits per heavy atom. The van der Waals surface area contributed by atoms with Crippen LogP contribution >= 0.6 is 15.9 Å². The molecule has 0 radical (unpaired) electrons. The molecule has 0 aromatic carbocycles. The lowest BCUT2D eigenvalue weighted by atomic mass is 10.2. The molecule has 0 aliphatic carbocycles. The van der Waals surface area contributed by atoms with Gasteiger partial charge in [-0.15, -0.1) is 0 Å². The number of H-pyrrole nitrogens is 1. The first kappa shape index (κ1) is 17.7. The molecular formula is C17H21BrN4O3. The van der Waals surface area contributed by atoms with Crippen molar-refractivity contribution in [1.82, 2.24) is 14.9 Å². The lowest BCUT2D eigenvalue weighted by Gasteiger charge is -2.36. The van der Waals surface area contributed by atoms with Crippen molar-refractivity contribution in [2.45, 2.75) is 26.4 Å². The van der Waals surface area contributed by atoms with Gasteiger partial charge in [0.05, 0.1) is 0 Å². The topological polar surface area (TPSA) is 78.5 Å². The van der Waals surface area contributed by atoms with E-state index in [1.165, 1.54) is 0 Å². The number of nitrogens with zero attached hydrogens (tertiary/aromatic N) is 3. The molecule has 1 saturated heterocycles. The summed E-state index contributed by atoms with van der Waals surface area (Å²) in [6, 6.07) is 3.76. The summed E-state index contributed by atoms with van der Waals surface area (Å²) >= 11 is 3.39. The van der Waals surface area contributed by atoms with Crippen molar-refractivity contribution in [3.8, 4) is 0 Å². The van der Waals surface area contributed by atoms with Gasteiger partial charge < -0.3 is 19.5 Å². The number of nitrogens with one attached hydrogen (secondary N) is 1. The fourth-order valence-electron chi connectivity index (χ4n) is 2.75. The number of halogens is 1. The Morgan fingerprint density at radius 1 is 1.24 bits per heavy atom. The third kappa shape index (κ3) is 4.12. The van der Waals surface area contributed by atoms with Gasteiger partial charge in [-0.3, -0.25) is 4.79 Å². The van der Waals surface area contributed by atoms with Gasteiger partial charge in [0.2, 0.25) is 0 Å². The first-order valence-electron chi connectivity index (χ1n) is 8.14. The monoisotopic (exact) mass is 408 g/mol. The van der Waals surface area contributed by atoms with Gasteiger partial charge in [0.15, 0.2) is 0 Å². The van der Waals surface area contributed by atoms with Crippen LogP contribution in [0.4, 0.5) is 10.5 Å². The smallest absolute Gasteiger partial charge is 0.410 e. The number of aromatic nitrogens is 2. The van der Waals surface area contributed by atoms with Gasteiger partial charge in [0.1, 0.15) is 16.9 Å². The number of fused-ring (bicyclic) bond motifs is 1. The molecule has 25 heavy (non-hydrogen) atoms. The minimum Gasteiger partial charge on any atom is -0.444 e. The summed E-state index contributed by atoms with van der Waals surface area (Å²) in [5.74, 6) is 0. The van der Waals surface area contributed by atoms with Crippen LogP contribution in [0.5, 0.6) is 0 Å². The number of hydrogen-bond donors (Lipinski definition) is 1. The molecule has 0 atom stereocenters. The van der Waals surface area contributed by atoms with Crippen LogP contribution in [0.25, 0.3) is 11.0 Å². The summed E-state index contributed by atoms with van der Waals surface area (Å²) in [5.41, 5.74) is 0.470. The van der Waals surface area contributed by atoms with Crippen molar-refractivity contribution in [3.63, 3.8) is 0 Å². The number of carbonyl (C=O) groups is 1. The van der Waals surface area contributed by atoms with Crippen LogP contribution in [0.2, 0.25) is 0 Å². The Balaban J connectivity index is 1.75. The minimum atomic E-state index is -0.510. The van der Waals surface area contributed by atoms with E-state index in [9.17, 15) is 9.59 Å². The van der Waals surface area contributed by atoms with Crippen molar-refractivity contribution in [3.05, 3.63) is 33.2 Å². The second kappa shape index (κ2) is 6.67. The highest BCUT2D eigenvalue weighted by Crippen LogP contribution is 2.20. The summed E-state index contributed by atoms with van der Waals surface area (Å²) in [6.45, 7) is 7.74. The van der Waals surface area contributed by atoms with Gasteiger partial charge in [0.25, 0.3) is 5.56 Å². The van der Waals surface area contributed by atoms with Crippen molar-refractivity contribution < 1.29 is 9.53 Å². The van der Waals surface area contributed by atoms with Crippen LogP contribution in [0.3, 0.4) is 0 Å². The molecule has 1 fully saturated rings. The first-order valence-corrected chi connectivity index (χ1v) is 8.94. The average molecular weight is 409 g/mol. The minimum absolute atomic E-state index is 0.173. The first-order chi connectivity index (χ1) is 11.7. The van der Waals surface area contributed by atoms with Crippen LogP contribution < -0.4 is 10.5 Å². The van der Waals surface area contributed by atoms with Crippen LogP contribution in [0, 0.1) is 0 Å². The Hall–Kier alpha value is -2.09. The maximum absolute atomic E-state index is 12.4. The largest absolute Gasteiger partial charge is 0.444 e. The van der Waals surface area contributed by atoms with Crippen molar-refractivity contribution >= 4 is 38.7 Å². The molecule has 0 saturated carbocycles. The third-order valence-corrected chi connectivity index (χ3v) is 4.35. The molecule has 7 nitrogen and oxygen atoms in total. The lowest BCUT2D eigenvalue weighted by Crippen LogP contribution is -2.51. The molecule has 2 aromatic heterocycles. The van der Waals surface area contributed by atoms with Gasteiger partial charge in [-0.05, 0) is 48.8 Å². The van der Waals surface area contributed by atoms with Crippen molar-refractivity contribution in [2.75, 3.05) is 31.1 Å². The maximum Gasteiger partial charge on any atom is 0.410 e. The molecule has 1 aliphatic rings. The molecule has 3 rings (SSSR count). The van der Waals surface area contributed by atoms with Crippen LogP contribution in [-0.2, 0) is 4.74 Å². The van der Waals surface area contributed by atoms with E-state index in [1.807, 2.05) is 37.8 Å². The van der Waals surface area contributed by atoms with E-state index in [1.54, 1.807) is 11.1 Å². The number of rotatable bonds is 1. The normalized spacial score (nSPS) is 15.5. The molecule has 8 heteroatoms. The maximum atomic E-state index is 12.4. The van der Waals surface area contributed by atoms with Crippen molar-refractivity contribution in [2.24, 2.45) is 0 Å². The number of carbonyl (C=O) groups excluding carboxylic acids is 1. The Labute approximate surface area is 154 Å². The summed E-state index contributed by atoms with van der Waals surface area (Å²) in [6.07, 6.45) is 1.34. The number of pyridine rings is 2. The summed E-state index contributed by atoms with van der Waals surface area (Å²) in [5, 5.41) is 0.860. The van der Waals surface area contributed by atoms with Crippen LogP contribution in [0.15, 0.2) is 27.6 Å². The van der Waals surface area contributed by atoms with E-state index in [2.05, 4.69) is 25.9 Å². The predicted octanol–water partition coefficient (Wildman–Crippen LogP) is 2.74. The summed E-state index contributed by atoms with van der Waals surface area (Å²) in [7, 11) is 0. The third-order valence-electron chi connectivity index (χ3n) is 3.91. The fourth-order valence-corrected chi connectivity index (χ4v) is 3.09. The Kier molecular flexibility index (Phi) is 4.73. The zero-order chi connectivity index (χ0) is 18.2. The molecule has 1 aliphatic heterocycles. The van der Waals surface area contributed by atoms with Gasteiger partial charge in [-0.25, -0.2) is 9.78 Å². The van der Waals surface area contributed by atoms with E-state index < -0.39 is 5.60 Å². The highest BCUT2D eigenvalue weighted by atomic mass is 79.9. The number of amides is 1. The van der Waals surface area contributed by atoms with E-state index in [0.717, 1.165) is 9.86 Å². The molecule has 134 valence electrons. The fraction of sp³-hybridized carbons (Fsp3) is 0.471. The number of ether oxygens (including phenoxy) is 1. The molecule has 1 N–H and O–H groups in total. The SMILES string of the molecule is CC(C)(C)OC(=O)N1CCN(c2cc3cc(Br)cnc3[nH]c2=O)CC1. The molecule has 1 amide bonds. The van der Waals surface area contributed by atoms with E-state index in [-0.39, 0.29) is 11.7 Å². The number of aromatic amines is 1. The molecule has 0 spiro atoms. The zero-order valence-electron chi connectivity index (χ0n) is 14.5. The van der Waals surface area contributed by atoms with Crippen LogP contribution in [-0.4, -0.2) is 52.7 Å². The number of hydrogen-bond acceptors (Lipinski definition) is 5. The van der Waals surface area contributed by atoms with Gasteiger partial charge in [-0.2, -0.15) is 0 Å². The molecule has 2 aromatic rings. The highest BCUT2D eigenvalue weighted by Gasteiger charge is 2.26. The van der Waals surface area contributed by atoms with E-state index >= 15 is 0 Å². The molecule has 0 unspecified atom stereocenters. The average Bonchev–Trinajstić information content (AvgIpc) is 2.53. The van der Waals surface area contributed by atoms with Crippen molar-refractivity contribution in [1.29, 1.82) is 0 Å². The molecule has 3 heterocycles. The second-order valence-electron chi connectivity index (χ2n) is 7.03. The van der Waals surface area contributed by atoms with Gasteiger partial charge >= 0.3 is 6.09 Å². The lowest BCUT2D eigenvalue weighted by molar-refractivity contribution is 0.0240.